The first-order valence-electron chi connectivity index (χ1n) is 9.15. The van der Waals surface area contributed by atoms with Gasteiger partial charge in [0.1, 0.15) is 11.8 Å². The van der Waals surface area contributed by atoms with Crippen LogP contribution in [0, 0.1) is 5.41 Å². The number of carboxylic acids is 1. The summed E-state index contributed by atoms with van der Waals surface area (Å²) >= 11 is 0. The number of rotatable bonds is 5. The Hall–Kier alpha value is -2.76. The number of nitrogens with zero attached hydrogens (tertiary/aromatic N) is 1. The van der Waals surface area contributed by atoms with Crippen molar-refractivity contribution in [2.45, 2.75) is 52.0 Å². The van der Waals surface area contributed by atoms with E-state index >= 15 is 0 Å². The van der Waals surface area contributed by atoms with Gasteiger partial charge in [0.05, 0.1) is 0 Å². The number of allylic oxidation sites excluding steroid dienone is 2. The maximum absolute atomic E-state index is 13.2. The Morgan fingerprint density at radius 1 is 1.22 bits per heavy atom. The molecule has 1 atom stereocenters. The molecule has 142 valence electrons. The van der Waals surface area contributed by atoms with Gasteiger partial charge in [0, 0.05) is 17.6 Å². The first-order chi connectivity index (χ1) is 12.7. The molecule has 0 saturated carbocycles. The molecule has 0 heterocycles. The van der Waals surface area contributed by atoms with Gasteiger partial charge in [-0.05, 0) is 42.2 Å². The average Bonchev–Trinajstić information content (AvgIpc) is 2.59. The zero-order valence-electron chi connectivity index (χ0n) is 15.6. The third-order valence-corrected chi connectivity index (χ3v) is 5.30. The lowest BCUT2D eigenvalue weighted by Gasteiger charge is -2.36. The van der Waals surface area contributed by atoms with E-state index < -0.39 is 17.9 Å². The number of fused-ring (bicyclic) bond motifs is 2. The number of carbonyl (C=O) groups is 3. The molecule has 3 rings (SSSR count). The lowest BCUT2D eigenvalue weighted by Crippen LogP contribution is -2.32. The van der Waals surface area contributed by atoms with Crippen LogP contribution in [-0.2, 0) is 14.4 Å². The fourth-order valence-electron chi connectivity index (χ4n) is 3.82. The third kappa shape index (κ3) is 3.84. The summed E-state index contributed by atoms with van der Waals surface area (Å²) in [7, 11) is 0. The molecular formula is C21H24N2O4. The number of amides is 1. The highest BCUT2D eigenvalue weighted by molar-refractivity contribution is 6.54. The van der Waals surface area contributed by atoms with Crippen molar-refractivity contribution in [3.8, 4) is 0 Å². The average molecular weight is 368 g/mol. The monoisotopic (exact) mass is 368 g/mol. The number of hydrogen-bond acceptors (Lipinski definition) is 4. The Kier molecular flexibility index (Phi) is 5.00. The van der Waals surface area contributed by atoms with Gasteiger partial charge in [0.25, 0.3) is 0 Å². The van der Waals surface area contributed by atoms with E-state index in [1.54, 1.807) is 0 Å². The van der Waals surface area contributed by atoms with Gasteiger partial charge in [0.2, 0.25) is 11.7 Å². The molecule has 0 bridgehead atoms. The fourth-order valence-corrected chi connectivity index (χ4v) is 3.82. The molecule has 1 aromatic carbocycles. The van der Waals surface area contributed by atoms with Crippen LogP contribution in [-0.4, -0.2) is 34.5 Å². The van der Waals surface area contributed by atoms with Gasteiger partial charge in [-0.2, -0.15) is 0 Å². The van der Waals surface area contributed by atoms with E-state index in [-0.39, 0.29) is 29.8 Å². The van der Waals surface area contributed by atoms with Crippen LogP contribution < -0.4 is 5.73 Å². The van der Waals surface area contributed by atoms with Crippen molar-refractivity contribution in [1.29, 1.82) is 0 Å². The summed E-state index contributed by atoms with van der Waals surface area (Å²) in [6.07, 6.45) is 2.25. The molecule has 0 aromatic heterocycles. The van der Waals surface area contributed by atoms with Gasteiger partial charge in [-0.3, -0.25) is 14.6 Å². The molecule has 0 fully saturated rings. The van der Waals surface area contributed by atoms with Crippen LogP contribution in [0.4, 0.5) is 0 Å². The number of carbonyl (C=O) groups excluding carboxylic acids is 2. The Morgan fingerprint density at radius 3 is 2.52 bits per heavy atom. The summed E-state index contributed by atoms with van der Waals surface area (Å²) in [5.41, 5.74) is 8.85. The quantitative estimate of drug-likeness (QED) is 0.832. The number of aliphatic imine (C=N–C) groups is 1. The molecule has 0 saturated heterocycles. The van der Waals surface area contributed by atoms with Crippen molar-refractivity contribution in [3.05, 3.63) is 41.0 Å². The number of ketones is 1. The van der Waals surface area contributed by atoms with Gasteiger partial charge in [-0.25, -0.2) is 4.79 Å². The normalized spacial score (nSPS) is 20.8. The van der Waals surface area contributed by atoms with E-state index in [2.05, 4.69) is 18.8 Å². The van der Waals surface area contributed by atoms with Crippen LogP contribution in [0.25, 0.3) is 5.57 Å². The van der Waals surface area contributed by atoms with E-state index in [0.717, 1.165) is 29.6 Å². The Morgan fingerprint density at radius 2 is 1.89 bits per heavy atom. The first kappa shape index (κ1) is 19.0. The van der Waals surface area contributed by atoms with Crippen LogP contribution in [0.5, 0.6) is 0 Å². The highest BCUT2D eigenvalue weighted by Gasteiger charge is 2.37. The number of primary amides is 1. The zero-order valence-corrected chi connectivity index (χ0v) is 15.6. The summed E-state index contributed by atoms with van der Waals surface area (Å²) in [6, 6.07) is 6.34. The Bertz CT molecular complexity index is 880. The highest BCUT2D eigenvalue weighted by atomic mass is 16.4. The third-order valence-electron chi connectivity index (χ3n) is 5.30. The minimum atomic E-state index is -1.17. The van der Waals surface area contributed by atoms with E-state index in [1.807, 2.05) is 24.3 Å². The van der Waals surface area contributed by atoms with Crippen molar-refractivity contribution in [2.75, 3.05) is 0 Å². The molecule has 0 radical (unpaired) electrons. The van der Waals surface area contributed by atoms with E-state index in [1.165, 1.54) is 0 Å². The number of benzene rings is 1. The second-order valence-corrected chi connectivity index (χ2v) is 8.01. The molecule has 0 spiro atoms. The van der Waals surface area contributed by atoms with Crippen molar-refractivity contribution in [3.63, 3.8) is 0 Å². The maximum atomic E-state index is 13.2. The molecule has 2 aliphatic rings. The molecular weight excluding hydrogens is 344 g/mol. The van der Waals surface area contributed by atoms with E-state index in [0.29, 0.717) is 12.0 Å². The molecule has 2 aliphatic carbocycles. The minimum absolute atomic E-state index is 0.0252. The van der Waals surface area contributed by atoms with Gasteiger partial charge < -0.3 is 10.8 Å². The first-order valence-corrected chi connectivity index (χ1v) is 9.15. The molecule has 6 heteroatoms. The Balaban J connectivity index is 2.08. The number of aliphatic carboxylic acids is 1. The van der Waals surface area contributed by atoms with Gasteiger partial charge in [-0.15, -0.1) is 0 Å². The van der Waals surface area contributed by atoms with Crippen LogP contribution in [0.1, 0.15) is 57.1 Å². The van der Waals surface area contributed by atoms with E-state index in [9.17, 15) is 19.5 Å². The summed E-state index contributed by atoms with van der Waals surface area (Å²) in [6.45, 7) is 4.38. The smallest absolute Gasteiger partial charge is 0.328 e. The van der Waals surface area contributed by atoms with Gasteiger partial charge in [-0.1, -0.05) is 38.1 Å². The summed E-state index contributed by atoms with van der Waals surface area (Å²) in [5.74, 6) is -1.94. The van der Waals surface area contributed by atoms with Crippen LogP contribution in [0.3, 0.4) is 0 Å². The van der Waals surface area contributed by atoms with Gasteiger partial charge >= 0.3 is 5.97 Å². The SMILES string of the molecule is CC1(C)CCC2=C(C1)c1ccccc1/C(=N/[C@@H](CCC(N)=O)C(=O)O)C2=O. The van der Waals surface area contributed by atoms with Crippen LogP contribution in [0.2, 0.25) is 0 Å². The zero-order chi connectivity index (χ0) is 19.8. The Labute approximate surface area is 158 Å². The number of nitrogens with two attached hydrogens (primary N) is 1. The van der Waals surface area contributed by atoms with Crippen LogP contribution in [0.15, 0.2) is 34.8 Å². The molecule has 3 N–H and O–H groups in total. The minimum Gasteiger partial charge on any atom is -0.480 e. The number of carboxylic acid groups (broad SMARTS) is 1. The largest absolute Gasteiger partial charge is 0.480 e. The molecule has 27 heavy (non-hydrogen) atoms. The molecule has 1 aromatic rings. The summed E-state index contributed by atoms with van der Waals surface area (Å²) in [4.78, 5) is 40.1. The lowest BCUT2D eigenvalue weighted by atomic mass is 9.68. The fraction of sp³-hybridized carbons (Fsp3) is 0.429. The second-order valence-electron chi connectivity index (χ2n) is 8.01. The second kappa shape index (κ2) is 7.10. The predicted molar refractivity (Wildman–Crippen MR) is 102 cm³/mol. The molecule has 0 aliphatic heterocycles. The molecule has 1 amide bonds. The van der Waals surface area contributed by atoms with Gasteiger partial charge in [0.15, 0.2) is 0 Å². The van der Waals surface area contributed by atoms with Crippen molar-refractivity contribution in [2.24, 2.45) is 16.1 Å². The van der Waals surface area contributed by atoms with Crippen LogP contribution >= 0.6 is 0 Å². The molecule has 6 nitrogen and oxygen atoms in total. The summed E-state index contributed by atoms with van der Waals surface area (Å²) < 4.78 is 0. The molecule has 0 unspecified atom stereocenters. The van der Waals surface area contributed by atoms with Crippen molar-refractivity contribution in [1.82, 2.24) is 0 Å². The number of Topliss-reactive ketones (excluding diaryl/α,β-unsaturated/α-hetero) is 1. The summed E-state index contributed by atoms with van der Waals surface area (Å²) in [5, 5.41) is 9.47. The maximum Gasteiger partial charge on any atom is 0.328 e. The number of hydrogen-bond donors (Lipinski definition) is 2. The standard InChI is InChI=1S/C21H24N2O4/c1-21(2)10-9-14-15(11-21)12-5-3-4-6-13(12)18(19(14)25)23-16(20(26)27)7-8-17(22)24/h3-6,16H,7-11H2,1-2H3,(H2,22,24)(H,26,27)/b23-18-/t16-/m0/s1. The van der Waals surface area contributed by atoms with Crippen molar-refractivity contribution < 1.29 is 19.5 Å². The topological polar surface area (TPSA) is 110 Å². The predicted octanol–water partition coefficient (Wildman–Crippen LogP) is 2.74. The lowest BCUT2D eigenvalue weighted by molar-refractivity contribution is -0.138. The van der Waals surface area contributed by atoms with E-state index in [4.69, 9.17) is 5.73 Å². The highest BCUT2D eigenvalue weighted by Crippen LogP contribution is 2.46. The van der Waals surface area contributed by atoms with Crippen molar-refractivity contribution >= 4 is 28.9 Å².